The van der Waals surface area contributed by atoms with Crippen molar-refractivity contribution in [3.8, 4) is 0 Å². The van der Waals surface area contributed by atoms with E-state index in [1.807, 2.05) is 0 Å². The van der Waals surface area contributed by atoms with Crippen LogP contribution in [0.2, 0.25) is 0 Å². The number of carbonyl (C=O) groups is 1. The van der Waals surface area contributed by atoms with Gasteiger partial charge in [-0.25, -0.2) is 0 Å². The number of nitrogens with zero attached hydrogens (tertiary/aromatic N) is 2. The number of hydrogen-bond donors (Lipinski definition) is 1. The summed E-state index contributed by atoms with van der Waals surface area (Å²) < 4.78 is 5.89. The minimum atomic E-state index is 0.193. The first kappa shape index (κ1) is 17.7. The number of piperidine rings is 2. The fourth-order valence-corrected chi connectivity index (χ4v) is 3.39. The summed E-state index contributed by atoms with van der Waals surface area (Å²) in [5.74, 6) is 0.193. The SMILES string of the molecule is CN1CCC(OCCCNC(=O)C[C@@H]2CCCCN2C)CC1. The quantitative estimate of drug-likeness (QED) is 0.723. The predicted molar refractivity (Wildman–Crippen MR) is 89.0 cm³/mol. The molecule has 2 aliphatic rings. The molecule has 0 aliphatic carbocycles. The first-order valence-corrected chi connectivity index (χ1v) is 8.92. The molecule has 2 saturated heterocycles. The van der Waals surface area contributed by atoms with Gasteiger partial charge in [0.25, 0.3) is 0 Å². The molecule has 0 radical (unpaired) electrons. The van der Waals surface area contributed by atoms with Crippen molar-refractivity contribution in [1.29, 1.82) is 0 Å². The smallest absolute Gasteiger partial charge is 0.221 e. The fraction of sp³-hybridized carbons (Fsp3) is 0.941. The number of carbonyl (C=O) groups excluding carboxylic acids is 1. The second-order valence-electron chi connectivity index (χ2n) is 6.91. The molecule has 0 saturated carbocycles. The number of amides is 1. The topological polar surface area (TPSA) is 44.8 Å². The second-order valence-corrected chi connectivity index (χ2v) is 6.91. The molecule has 1 N–H and O–H groups in total. The van der Waals surface area contributed by atoms with Crippen molar-refractivity contribution < 1.29 is 9.53 Å². The molecule has 128 valence electrons. The Labute approximate surface area is 135 Å². The van der Waals surface area contributed by atoms with Gasteiger partial charge in [0.15, 0.2) is 0 Å². The number of nitrogens with one attached hydrogen (secondary N) is 1. The van der Waals surface area contributed by atoms with Crippen molar-refractivity contribution in [3.63, 3.8) is 0 Å². The van der Waals surface area contributed by atoms with E-state index >= 15 is 0 Å². The highest BCUT2D eigenvalue weighted by Gasteiger charge is 2.21. The van der Waals surface area contributed by atoms with Gasteiger partial charge < -0.3 is 19.9 Å². The monoisotopic (exact) mass is 311 g/mol. The molecule has 22 heavy (non-hydrogen) atoms. The number of rotatable bonds is 7. The molecule has 0 spiro atoms. The van der Waals surface area contributed by atoms with Crippen LogP contribution in [0.5, 0.6) is 0 Å². The maximum atomic E-state index is 12.0. The molecule has 2 aliphatic heterocycles. The van der Waals surface area contributed by atoms with E-state index in [2.05, 4.69) is 29.2 Å². The van der Waals surface area contributed by atoms with Gasteiger partial charge in [-0.1, -0.05) is 6.42 Å². The molecule has 0 aromatic carbocycles. The highest BCUT2D eigenvalue weighted by molar-refractivity contribution is 5.76. The number of ether oxygens (including phenoxy) is 1. The lowest BCUT2D eigenvalue weighted by molar-refractivity contribution is -0.122. The summed E-state index contributed by atoms with van der Waals surface area (Å²) in [6.45, 7) is 4.90. The first-order chi connectivity index (χ1) is 10.6. The minimum absolute atomic E-state index is 0.193. The third-order valence-electron chi connectivity index (χ3n) is 5.00. The van der Waals surface area contributed by atoms with Gasteiger partial charge in [-0.15, -0.1) is 0 Å². The van der Waals surface area contributed by atoms with Crippen LogP contribution >= 0.6 is 0 Å². The summed E-state index contributed by atoms with van der Waals surface area (Å²) in [5.41, 5.74) is 0. The van der Waals surface area contributed by atoms with Gasteiger partial charge in [0, 0.05) is 38.7 Å². The van der Waals surface area contributed by atoms with Crippen molar-refractivity contribution in [2.75, 3.05) is 46.9 Å². The maximum absolute atomic E-state index is 12.0. The van der Waals surface area contributed by atoms with Crippen LogP contribution in [0.1, 0.15) is 44.9 Å². The zero-order valence-electron chi connectivity index (χ0n) is 14.4. The molecule has 0 aromatic rings. The van der Waals surface area contributed by atoms with E-state index in [1.165, 1.54) is 12.8 Å². The molecule has 2 rings (SSSR count). The number of hydrogen-bond acceptors (Lipinski definition) is 4. The van der Waals surface area contributed by atoms with Gasteiger partial charge >= 0.3 is 0 Å². The molecule has 2 fully saturated rings. The van der Waals surface area contributed by atoms with Crippen LogP contribution < -0.4 is 5.32 Å². The zero-order chi connectivity index (χ0) is 15.8. The lowest BCUT2D eigenvalue weighted by atomic mass is 10.00. The van der Waals surface area contributed by atoms with Crippen LogP contribution in [-0.2, 0) is 9.53 Å². The zero-order valence-corrected chi connectivity index (χ0v) is 14.4. The molecule has 1 atom stereocenters. The molecule has 0 unspecified atom stereocenters. The normalized spacial score (nSPS) is 25.3. The summed E-state index contributed by atoms with van der Waals surface area (Å²) in [5, 5.41) is 3.04. The molecule has 2 heterocycles. The Hall–Kier alpha value is -0.650. The molecule has 5 nitrogen and oxygen atoms in total. The molecule has 0 aromatic heterocycles. The Morgan fingerprint density at radius 3 is 2.64 bits per heavy atom. The van der Waals surface area contributed by atoms with Crippen LogP contribution in [0.4, 0.5) is 0 Å². The predicted octanol–water partition coefficient (Wildman–Crippen LogP) is 1.48. The minimum Gasteiger partial charge on any atom is -0.378 e. The average Bonchev–Trinajstić information content (AvgIpc) is 2.51. The van der Waals surface area contributed by atoms with Crippen molar-refractivity contribution in [2.45, 2.75) is 57.1 Å². The second kappa shape index (κ2) is 9.48. The van der Waals surface area contributed by atoms with Crippen LogP contribution in [0.25, 0.3) is 0 Å². The molecule has 0 bridgehead atoms. The Balaban J connectivity index is 1.48. The Kier molecular flexibility index (Phi) is 7.63. The summed E-state index contributed by atoms with van der Waals surface area (Å²) in [4.78, 5) is 16.6. The lowest BCUT2D eigenvalue weighted by Crippen LogP contribution is -2.40. The van der Waals surface area contributed by atoms with E-state index in [-0.39, 0.29) is 5.91 Å². The fourth-order valence-electron chi connectivity index (χ4n) is 3.39. The Bertz CT molecular complexity index is 330. The molecule has 5 heteroatoms. The van der Waals surface area contributed by atoms with Crippen molar-refractivity contribution >= 4 is 5.91 Å². The van der Waals surface area contributed by atoms with E-state index in [4.69, 9.17) is 4.74 Å². The Morgan fingerprint density at radius 1 is 1.14 bits per heavy atom. The third-order valence-corrected chi connectivity index (χ3v) is 5.00. The van der Waals surface area contributed by atoms with Crippen LogP contribution in [0, 0.1) is 0 Å². The van der Waals surface area contributed by atoms with Crippen LogP contribution in [-0.4, -0.2) is 74.7 Å². The Morgan fingerprint density at radius 2 is 1.91 bits per heavy atom. The molecular formula is C17H33N3O2. The lowest BCUT2D eigenvalue weighted by Gasteiger charge is -2.32. The van der Waals surface area contributed by atoms with Crippen molar-refractivity contribution in [2.24, 2.45) is 0 Å². The van der Waals surface area contributed by atoms with Gasteiger partial charge in [0.1, 0.15) is 0 Å². The molecular weight excluding hydrogens is 278 g/mol. The van der Waals surface area contributed by atoms with Gasteiger partial charge in [-0.3, -0.25) is 4.79 Å². The third kappa shape index (κ3) is 6.23. The number of likely N-dealkylation sites (tertiary alicyclic amines) is 2. The van der Waals surface area contributed by atoms with E-state index in [0.29, 0.717) is 18.6 Å². The first-order valence-electron chi connectivity index (χ1n) is 8.92. The van der Waals surface area contributed by atoms with Crippen molar-refractivity contribution in [3.05, 3.63) is 0 Å². The largest absolute Gasteiger partial charge is 0.378 e. The summed E-state index contributed by atoms with van der Waals surface area (Å²) >= 11 is 0. The van der Waals surface area contributed by atoms with E-state index in [9.17, 15) is 4.79 Å². The highest BCUT2D eigenvalue weighted by Crippen LogP contribution is 2.17. The van der Waals surface area contributed by atoms with Gasteiger partial charge in [0.05, 0.1) is 6.10 Å². The van der Waals surface area contributed by atoms with Gasteiger partial charge in [-0.05, 0) is 52.7 Å². The van der Waals surface area contributed by atoms with Crippen molar-refractivity contribution in [1.82, 2.24) is 15.1 Å². The van der Waals surface area contributed by atoms with E-state index in [1.54, 1.807) is 0 Å². The van der Waals surface area contributed by atoms with Crippen LogP contribution in [0.15, 0.2) is 0 Å². The maximum Gasteiger partial charge on any atom is 0.221 e. The standard InChI is InChI=1S/C17H33N3O2/c1-19-11-7-16(8-12-19)22-13-5-9-18-17(21)14-15-6-3-4-10-20(15)2/h15-16H,3-14H2,1-2H3,(H,18,21)/t15-/m0/s1. The highest BCUT2D eigenvalue weighted by atomic mass is 16.5. The van der Waals surface area contributed by atoms with Gasteiger partial charge in [0.2, 0.25) is 5.91 Å². The van der Waals surface area contributed by atoms with Gasteiger partial charge in [-0.2, -0.15) is 0 Å². The summed E-state index contributed by atoms with van der Waals surface area (Å²) in [6, 6.07) is 0.434. The summed E-state index contributed by atoms with van der Waals surface area (Å²) in [7, 11) is 4.29. The molecule has 1 amide bonds. The van der Waals surface area contributed by atoms with E-state index < -0.39 is 0 Å². The van der Waals surface area contributed by atoms with Crippen LogP contribution in [0.3, 0.4) is 0 Å². The summed E-state index contributed by atoms with van der Waals surface area (Å²) in [6.07, 6.45) is 7.93. The average molecular weight is 311 g/mol. The van der Waals surface area contributed by atoms with E-state index in [0.717, 1.165) is 58.5 Å².